The number of amides is 1. The largest absolute Gasteiger partial charge is 0.395 e. The molecule has 0 aliphatic carbocycles. The van der Waals surface area contributed by atoms with E-state index in [1.165, 1.54) is 12.8 Å². The summed E-state index contributed by atoms with van der Waals surface area (Å²) in [7, 11) is 0. The number of alkyl halides is 1. The minimum absolute atomic E-state index is 0.00611. The Morgan fingerprint density at radius 3 is 2.50 bits per heavy atom. The highest BCUT2D eigenvalue weighted by molar-refractivity contribution is 14.1. The quantitative estimate of drug-likeness (QED) is 0.173. The minimum atomic E-state index is -0.962. The lowest BCUT2D eigenvalue weighted by atomic mass is 9.82. The van der Waals surface area contributed by atoms with Crippen LogP contribution in [0.4, 0.5) is 0 Å². The molecular formula is C21H40INO5. The summed E-state index contributed by atoms with van der Waals surface area (Å²) < 4.78 is 6.39. The molecule has 28 heavy (non-hydrogen) atoms. The van der Waals surface area contributed by atoms with Gasteiger partial charge in [-0.05, 0) is 32.6 Å². The zero-order valence-electron chi connectivity index (χ0n) is 17.7. The molecule has 1 aliphatic rings. The predicted molar refractivity (Wildman–Crippen MR) is 120 cm³/mol. The van der Waals surface area contributed by atoms with Crippen LogP contribution in [0.25, 0.3) is 0 Å². The van der Waals surface area contributed by atoms with Crippen LogP contribution in [0.15, 0.2) is 0 Å². The Balaban J connectivity index is 2.13. The van der Waals surface area contributed by atoms with E-state index in [1.807, 2.05) is 6.92 Å². The zero-order chi connectivity index (χ0) is 21.2. The van der Waals surface area contributed by atoms with Crippen LogP contribution in [0.1, 0.15) is 78.6 Å². The number of unbranched alkanes of at least 4 members (excludes halogenated alkanes) is 5. The van der Waals surface area contributed by atoms with E-state index in [-0.39, 0.29) is 30.6 Å². The maximum absolute atomic E-state index is 11.4. The molecule has 1 rings (SSSR count). The van der Waals surface area contributed by atoms with Gasteiger partial charge in [0, 0.05) is 23.3 Å². The van der Waals surface area contributed by atoms with Crippen molar-refractivity contribution in [3.63, 3.8) is 0 Å². The van der Waals surface area contributed by atoms with Crippen molar-refractivity contribution < 1.29 is 24.9 Å². The van der Waals surface area contributed by atoms with E-state index in [1.54, 1.807) is 6.92 Å². The molecule has 6 nitrogen and oxygen atoms in total. The highest BCUT2D eigenvalue weighted by atomic mass is 127. The van der Waals surface area contributed by atoms with Crippen molar-refractivity contribution in [2.75, 3.05) is 13.2 Å². The maximum atomic E-state index is 11.4. The number of rotatable bonds is 13. The fourth-order valence-electron chi connectivity index (χ4n) is 3.74. The second-order valence-corrected chi connectivity index (χ2v) is 10.1. The molecule has 4 N–H and O–H groups in total. The van der Waals surface area contributed by atoms with Crippen molar-refractivity contribution in [3.05, 3.63) is 0 Å². The van der Waals surface area contributed by atoms with Gasteiger partial charge in [-0.15, -0.1) is 0 Å². The fraction of sp³-hybridized carbons (Fsp3) is 0.952. The summed E-state index contributed by atoms with van der Waals surface area (Å²) in [5.41, 5.74) is -0.962. The van der Waals surface area contributed by atoms with Gasteiger partial charge < -0.3 is 25.4 Å². The molecule has 1 heterocycles. The Hall–Kier alpha value is 0.0400. The van der Waals surface area contributed by atoms with Gasteiger partial charge in [0.1, 0.15) is 0 Å². The SMILES string of the molecule is CC1O[C@@H]([C@@H](C)[C@H](I)CCCCCCCCC(=O)NCCO)C(O)CC1(C)O. The minimum Gasteiger partial charge on any atom is -0.395 e. The van der Waals surface area contributed by atoms with Crippen LogP contribution in [0.2, 0.25) is 0 Å². The first-order chi connectivity index (χ1) is 13.2. The zero-order valence-corrected chi connectivity index (χ0v) is 19.9. The number of nitrogens with one attached hydrogen (secondary N) is 1. The van der Waals surface area contributed by atoms with Crippen LogP contribution < -0.4 is 5.32 Å². The third-order valence-electron chi connectivity index (χ3n) is 5.90. The lowest BCUT2D eigenvalue weighted by molar-refractivity contribution is -0.214. The molecule has 0 aromatic rings. The third kappa shape index (κ3) is 9.24. The second kappa shape index (κ2) is 13.4. The van der Waals surface area contributed by atoms with Crippen molar-refractivity contribution in [2.45, 2.75) is 106 Å². The number of aliphatic hydroxyl groups is 3. The van der Waals surface area contributed by atoms with Crippen molar-refractivity contribution in [1.29, 1.82) is 0 Å². The Kier molecular flexibility index (Phi) is 12.4. The third-order valence-corrected chi connectivity index (χ3v) is 7.65. The molecule has 1 aliphatic heterocycles. The summed E-state index contributed by atoms with van der Waals surface area (Å²) in [6, 6.07) is 0. The van der Waals surface area contributed by atoms with E-state index in [2.05, 4.69) is 34.8 Å². The first kappa shape index (κ1) is 26.1. The number of ether oxygens (including phenoxy) is 1. The smallest absolute Gasteiger partial charge is 0.220 e. The van der Waals surface area contributed by atoms with Gasteiger partial charge in [0.2, 0.25) is 5.91 Å². The average Bonchev–Trinajstić information content (AvgIpc) is 2.63. The Bertz CT molecular complexity index is 449. The van der Waals surface area contributed by atoms with Gasteiger partial charge in [-0.2, -0.15) is 0 Å². The Morgan fingerprint density at radius 1 is 1.25 bits per heavy atom. The monoisotopic (exact) mass is 513 g/mol. The number of hydrogen-bond acceptors (Lipinski definition) is 5. The van der Waals surface area contributed by atoms with Crippen LogP contribution in [0, 0.1) is 5.92 Å². The van der Waals surface area contributed by atoms with Crippen LogP contribution in [0.3, 0.4) is 0 Å². The molecule has 0 aromatic heterocycles. The van der Waals surface area contributed by atoms with E-state index in [9.17, 15) is 15.0 Å². The van der Waals surface area contributed by atoms with Gasteiger partial charge in [-0.3, -0.25) is 4.79 Å². The molecular weight excluding hydrogens is 473 g/mol. The number of hydrogen-bond donors (Lipinski definition) is 4. The number of carbonyl (C=O) groups is 1. The van der Waals surface area contributed by atoms with Crippen LogP contribution in [-0.2, 0) is 9.53 Å². The molecule has 1 fully saturated rings. The normalized spacial score (nSPS) is 30.0. The van der Waals surface area contributed by atoms with Gasteiger partial charge in [-0.1, -0.05) is 61.6 Å². The van der Waals surface area contributed by atoms with Gasteiger partial charge in [0.05, 0.1) is 30.5 Å². The average molecular weight is 513 g/mol. The van der Waals surface area contributed by atoms with Gasteiger partial charge in [0.15, 0.2) is 0 Å². The lowest BCUT2D eigenvalue weighted by Crippen LogP contribution is -2.55. The van der Waals surface area contributed by atoms with E-state index >= 15 is 0 Å². The van der Waals surface area contributed by atoms with Crippen LogP contribution in [0.5, 0.6) is 0 Å². The number of aliphatic hydroxyl groups excluding tert-OH is 2. The lowest BCUT2D eigenvalue weighted by Gasteiger charge is -2.45. The van der Waals surface area contributed by atoms with Crippen molar-refractivity contribution in [3.8, 4) is 0 Å². The molecule has 0 radical (unpaired) electrons. The van der Waals surface area contributed by atoms with Gasteiger partial charge in [0.25, 0.3) is 0 Å². The molecule has 0 aromatic carbocycles. The summed E-state index contributed by atoms with van der Waals surface area (Å²) in [4.78, 5) is 11.4. The summed E-state index contributed by atoms with van der Waals surface area (Å²) in [5, 5.41) is 32.0. The highest BCUT2D eigenvalue weighted by Gasteiger charge is 2.44. The number of carbonyl (C=O) groups excluding carboxylic acids is 1. The van der Waals surface area contributed by atoms with E-state index < -0.39 is 11.7 Å². The van der Waals surface area contributed by atoms with Crippen molar-refractivity contribution in [2.24, 2.45) is 5.92 Å². The first-order valence-corrected chi connectivity index (χ1v) is 12.0. The van der Waals surface area contributed by atoms with E-state index in [0.29, 0.717) is 23.3 Å². The Labute approximate surface area is 184 Å². The first-order valence-electron chi connectivity index (χ1n) is 10.8. The van der Waals surface area contributed by atoms with Gasteiger partial charge in [-0.25, -0.2) is 0 Å². The molecule has 0 bridgehead atoms. The summed E-state index contributed by atoms with van der Waals surface area (Å²) in [6.45, 7) is 6.08. The standard InChI is InChI=1S/C21H40INO5/c1-15(20-18(25)14-21(3,27)16(2)28-20)17(22)10-8-6-4-5-7-9-11-19(26)23-12-13-24/h15-18,20,24-25,27H,4-14H2,1-3H3,(H,23,26)/t15-,16?,17+,18?,20-,21?/m0/s1. The van der Waals surface area contributed by atoms with Crippen LogP contribution in [-0.4, -0.2) is 62.2 Å². The van der Waals surface area contributed by atoms with Crippen molar-refractivity contribution in [1.82, 2.24) is 5.32 Å². The molecule has 0 spiro atoms. The molecule has 1 amide bonds. The van der Waals surface area contributed by atoms with Crippen LogP contribution >= 0.6 is 22.6 Å². The topological polar surface area (TPSA) is 99.0 Å². The molecule has 7 heteroatoms. The summed E-state index contributed by atoms with van der Waals surface area (Å²) in [6.07, 6.45) is 7.55. The molecule has 1 saturated heterocycles. The molecule has 0 saturated carbocycles. The summed E-state index contributed by atoms with van der Waals surface area (Å²) in [5.74, 6) is 0.269. The molecule has 166 valence electrons. The second-order valence-electron chi connectivity index (χ2n) is 8.48. The highest BCUT2D eigenvalue weighted by Crippen LogP contribution is 2.35. The predicted octanol–water partition coefficient (Wildman–Crippen LogP) is 2.94. The van der Waals surface area contributed by atoms with Gasteiger partial charge >= 0.3 is 0 Å². The summed E-state index contributed by atoms with van der Waals surface area (Å²) >= 11 is 2.47. The van der Waals surface area contributed by atoms with Crippen molar-refractivity contribution >= 4 is 28.5 Å². The number of halogens is 1. The van der Waals surface area contributed by atoms with E-state index in [4.69, 9.17) is 9.84 Å². The Morgan fingerprint density at radius 2 is 1.86 bits per heavy atom. The molecule has 3 unspecified atom stereocenters. The maximum Gasteiger partial charge on any atom is 0.220 e. The molecule has 6 atom stereocenters. The van der Waals surface area contributed by atoms with E-state index in [0.717, 1.165) is 32.1 Å². The fourth-order valence-corrected chi connectivity index (χ4v) is 4.59.